The van der Waals surface area contributed by atoms with Crippen molar-refractivity contribution in [1.82, 2.24) is 10.1 Å². The van der Waals surface area contributed by atoms with Crippen LogP contribution in [0.15, 0.2) is 30.3 Å². The van der Waals surface area contributed by atoms with Gasteiger partial charge in [0.2, 0.25) is 0 Å². The van der Waals surface area contributed by atoms with Crippen LogP contribution in [0, 0.1) is 0 Å². The highest BCUT2D eigenvalue weighted by atomic mass is 16.6. The molecule has 1 aromatic carbocycles. The highest BCUT2D eigenvalue weighted by molar-refractivity contribution is 5.25. The predicted octanol–water partition coefficient (Wildman–Crippen LogP) is 2.64. The van der Waals surface area contributed by atoms with E-state index in [1.807, 2.05) is 44.2 Å². The summed E-state index contributed by atoms with van der Waals surface area (Å²) in [5, 5.41) is 23.0. The average Bonchev–Trinajstić information content (AvgIpc) is 2.39. The fraction of sp³-hybridized carbons (Fsp3) is 0.538. The maximum atomic E-state index is 10.3. The van der Waals surface area contributed by atoms with Gasteiger partial charge in [-0.15, -0.1) is 0 Å². The van der Waals surface area contributed by atoms with Gasteiger partial charge in [-0.05, 0) is 33.3 Å². The topological polar surface area (TPSA) is 46.9 Å². The molecule has 1 heterocycles. The molecular formula is C13H20N2O2. The van der Waals surface area contributed by atoms with E-state index in [-0.39, 0.29) is 6.04 Å². The Hall–Kier alpha value is -0.940. The van der Waals surface area contributed by atoms with Gasteiger partial charge in [-0.1, -0.05) is 30.3 Å². The van der Waals surface area contributed by atoms with Crippen molar-refractivity contribution in [3.8, 4) is 0 Å². The van der Waals surface area contributed by atoms with Crippen LogP contribution in [0.25, 0.3) is 0 Å². The number of benzene rings is 1. The fourth-order valence-electron chi connectivity index (χ4n) is 2.72. The summed E-state index contributed by atoms with van der Waals surface area (Å²) in [4.78, 5) is 0. The van der Waals surface area contributed by atoms with Crippen molar-refractivity contribution in [3.05, 3.63) is 35.9 Å². The molecule has 0 radical (unpaired) electrons. The van der Waals surface area contributed by atoms with Gasteiger partial charge in [-0.25, -0.2) is 0 Å². The first-order chi connectivity index (χ1) is 7.79. The molecule has 0 amide bonds. The van der Waals surface area contributed by atoms with Crippen LogP contribution in [0.2, 0.25) is 0 Å². The molecule has 0 saturated carbocycles. The lowest BCUT2D eigenvalue weighted by Crippen LogP contribution is -2.49. The quantitative estimate of drug-likeness (QED) is 0.787. The maximum absolute atomic E-state index is 10.3. The van der Waals surface area contributed by atoms with Crippen molar-refractivity contribution in [2.75, 3.05) is 0 Å². The minimum absolute atomic E-state index is 0.260. The number of hydrogen-bond acceptors (Lipinski definition) is 4. The Kier molecular flexibility index (Phi) is 2.78. The molecule has 1 atom stereocenters. The minimum atomic E-state index is -0.802. The molecule has 4 nitrogen and oxygen atoms in total. The molecule has 0 unspecified atom stereocenters. The molecule has 1 aliphatic heterocycles. The van der Waals surface area contributed by atoms with Crippen LogP contribution in [0.1, 0.15) is 39.3 Å². The van der Waals surface area contributed by atoms with Crippen LogP contribution in [-0.4, -0.2) is 31.7 Å². The number of nitrogens with zero attached hydrogens (tertiary/aromatic N) is 2. The van der Waals surface area contributed by atoms with Crippen molar-refractivity contribution < 1.29 is 10.4 Å². The molecule has 0 aromatic heterocycles. The van der Waals surface area contributed by atoms with Crippen molar-refractivity contribution in [1.29, 1.82) is 0 Å². The van der Waals surface area contributed by atoms with E-state index in [0.717, 1.165) is 5.56 Å². The van der Waals surface area contributed by atoms with Crippen molar-refractivity contribution in [3.63, 3.8) is 0 Å². The Morgan fingerprint density at radius 2 is 1.53 bits per heavy atom. The summed E-state index contributed by atoms with van der Waals surface area (Å²) in [5.74, 6) is 0. The van der Waals surface area contributed by atoms with E-state index in [4.69, 9.17) is 0 Å². The van der Waals surface area contributed by atoms with E-state index in [0.29, 0.717) is 0 Å². The first kappa shape index (κ1) is 12.5. The van der Waals surface area contributed by atoms with E-state index in [9.17, 15) is 10.4 Å². The summed E-state index contributed by atoms with van der Waals surface area (Å²) < 4.78 is 0. The van der Waals surface area contributed by atoms with Gasteiger partial charge in [0.25, 0.3) is 0 Å². The summed E-state index contributed by atoms with van der Waals surface area (Å²) >= 11 is 0. The van der Waals surface area contributed by atoms with Crippen LogP contribution in [0.4, 0.5) is 0 Å². The molecule has 1 fully saturated rings. The number of hydrogen-bond donors (Lipinski definition) is 2. The number of hydroxylamine groups is 4. The zero-order valence-corrected chi connectivity index (χ0v) is 10.8. The Labute approximate surface area is 102 Å². The summed E-state index contributed by atoms with van der Waals surface area (Å²) in [6, 6.07) is 9.48. The van der Waals surface area contributed by atoms with Crippen LogP contribution >= 0.6 is 0 Å². The van der Waals surface area contributed by atoms with E-state index in [2.05, 4.69) is 0 Å². The molecular weight excluding hydrogens is 216 g/mol. The highest BCUT2D eigenvalue weighted by Gasteiger charge is 2.57. The Balaban J connectivity index is 2.48. The van der Waals surface area contributed by atoms with Gasteiger partial charge >= 0.3 is 0 Å². The van der Waals surface area contributed by atoms with Gasteiger partial charge < -0.3 is 10.4 Å². The molecule has 17 heavy (non-hydrogen) atoms. The van der Waals surface area contributed by atoms with Crippen LogP contribution in [0.3, 0.4) is 0 Å². The van der Waals surface area contributed by atoms with Crippen LogP contribution in [0.5, 0.6) is 0 Å². The second-order valence-corrected chi connectivity index (χ2v) is 5.62. The van der Waals surface area contributed by atoms with Gasteiger partial charge in [-0.3, -0.25) is 0 Å². The lowest BCUT2D eigenvalue weighted by atomic mass is 9.90. The third kappa shape index (κ3) is 1.68. The summed E-state index contributed by atoms with van der Waals surface area (Å²) in [7, 11) is 0. The first-order valence-electron chi connectivity index (χ1n) is 5.82. The summed E-state index contributed by atoms with van der Waals surface area (Å²) in [6.07, 6.45) is 0. The Morgan fingerprint density at radius 1 is 1.00 bits per heavy atom. The minimum Gasteiger partial charge on any atom is -0.312 e. The van der Waals surface area contributed by atoms with E-state index >= 15 is 0 Å². The second kappa shape index (κ2) is 3.78. The molecule has 94 valence electrons. The maximum Gasteiger partial charge on any atom is 0.116 e. The zero-order chi connectivity index (χ0) is 12.8. The van der Waals surface area contributed by atoms with E-state index < -0.39 is 11.2 Å². The van der Waals surface area contributed by atoms with E-state index in [1.54, 1.807) is 13.8 Å². The highest BCUT2D eigenvalue weighted by Crippen LogP contribution is 2.47. The lowest BCUT2D eigenvalue weighted by molar-refractivity contribution is -0.260. The second-order valence-electron chi connectivity index (χ2n) is 5.62. The fourth-order valence-corrected chi connectivity index (χ4v) is 2.72. The van der Waals surface area contributed by atoms with Crippen LogP contribution in [-0.2, 0) is 0 Å². The van der Waals surface area contributed by atoms with Gasteiger partial charge in [-0.2, -0.15) is 10.1 Å². The molecule has 4 heteroatoms. The van der Waals surface area contributed by atoms with Gasteiger partial charge in [0.15, 0.2) is 0 Å². The molecule has 2 rings (SSSR count). The first-order valence-corrected chi connectivity index (χ1v) is 5.82. The third-order valence-corrected chi connectivity index (χ3v) is 3.65. The van der Waals surface area contributed by atoms with Crippen molar-refractivity contribution in [2.45, 2.75) is 44.9 Å². The van der Waals surface area contributed by atoms with Gasteiger partial charge in [0.1, 0.15) is 5.66 Å². The Morgan fingerprint density at radius 3 is 1.94 bits per heavy atom. The number of rotatable bonds is 1. The Bertz CT molecular complexity index is 403. The van der Waals surface area contributed by atoms with Crippen molar-refractivity contribution in [2.24, 2.45) is 0 Å². The SMILES string of the molecule is CC1(C)[C@H](c2ccccc2)N(O)C(C)(C)N1O. The van der Waals surface area contributed by atoms with Crippen molar-refractivity contribution >= 4 is 0 Å². The third-order valence-electron chi connectivity index (χ3n) is 3.65. The van der Waals surface area contributed by atoms with Crippen LogP contribution < -0.4 is 0 Å². The molecule has 1 saturated heterocycles. The normalized spacial score (nSPS) is 28.5. The largest absolute Gasteiger partial charge is 0.312 e. The smallest absolute Gasteiger partial charge is 0.116 e. The molecule has 0 bridgehead atoms. The summed E-state index contributed by atoms with van der Waals surface area (Å²) in [6.45, 7) is 7.42. The molecule has 0 aliphatic carbocycles. The standard InChI is InChI=1S/C13H20N2O2/c1-12(2)11(10-8-6-5-7-9-10)14(16)13(3,4)15(12)17/h5-9,11,16-17H,1-4H3/t11-/m0/s1. The van der Waals surface area contributed by atoms with E-state index in [1.165, 1.54) is 10.1 Å². The molecule has 1 aromatic rings. The van der Waals surface area contributed by atoms with Gasteiger partial charge in [0.05, 0.1) is 11.6 Å². The predicted molar refractivity (Wildman–Crippen MR) is 64.6 cm³/mol. The lowest BCUT2D eigenvalue weighted by Gasteiger charge is -2.33. The molecule has 0 spiro atoms. The molecule has 1 aliphatic rings. The monoisotopic (exact) mass is 236 g/mol. The zero-order valence-electron chi connectivity index (χ0n) is 10.8. The molecule has 2 N–H and O–H groups in total. The average molecular weight is 236 g/mol. The van der Waals surface area contributed by atoms with Gasteiger partial charge in [0, 0.05) is 0 Å². The summed E-state index contributed by atoms with van der Waals surface area (Å²) in [5.41, 5.74) is -0.367.